The number of aliphatic hydroxyl groups is 1. The van der Waals surface area contributed by atoms with E-state index >= 15 is 0 Å². The molecule has 0 fully saturated rings. The van der Waals surface area contributed by atoms with Crippen LogP contribution in [0, 0.1) is 5.41 Å². The third kappa shape index (κ3) is 10.5. The molecular formula is C14H30O2S2. The number of hydrogen-bond acceptors (Lipinski definition) is 4. The van der Waals surface area contributed by atoms with E-state index in [1.807, 2.05) is 25.6 Å². The molecule has 4 heteroatoms. The highest BCUT2D eigenvalue weighted by molar-refractivity contribution is 7.99. The number of thioether (sulfide) groups is 1. The first kappa shape index (κ1) is 18.6. The lowest BCUT2D eigenvalue weighted by Crippen LogP contribution is -2.28. The second-order valence-electron chi connectivity index (χ2n) is 7.00. The van der Waals surface area contributed by atoms with Crippen LogP contribution in [0.4, 0.5) is 0 Å². The van der Waals surface area contributed by atoms with Gasteiger partial charge in [0.15, 0.2) is 0 Å². The van der Waals surface area contributed by atoms with Crippen molar-refractivity contribution in [2.24, 2.45) is 5.41 Å². The molecule has 1 N–H and O–H groups in total. The zero-order valence-electron chi connectivity index (χ0n) is 12.7. The Morgan fingerprint density at radius 1 is 1.11 bits per heavy atom. The SMILES string of the molecule is CC(C)(S)CC(C)(C)CSCOC(C)(C)CCO. The van der Waals surface area contributed by atoms with Crippen LogP contribution in [0.25, 0.3) is 0 Å². The highest BCUT2D eigenvalue weighted by Gasteiger charge is 2.26. The molecule has 0 aromatic rings. The zero-order chi connectivity index (χ0) is 14.4. The van der Waals surface area contributed by atoms with E-state index in [4.69, 9.17) is 9.84 Å². The van der Waals surface area contributed by atoms with Crippen LogP contribution in [-0.2, 0) is 4.74 Å². The van der Waals surface area contributed by atoms with Gasteiger partial charge >= 0.3 is 0 Å². The van der Waals surface area contributed by atoms with Gasteiger partial charge in [-0.15, -0.1) is 11.8 Å². The molecule has 0 atom stereocenters. The average Bonchev–Trinajstić information content (AvgIpc) is 2.08. The van der Waals surface area contributed by atoms with Crippen molar-refractivity contribution in [2.75, 3.05) is 18.3 Å². The molecular weight excluding hydrogens is 264 g/mol. The predicted molar refractivity (Wildman–Crippen MR) is 85.7 cm³/mol. The number of aliphatic hydroxyl groups excluding tert-OH is 1. The summed E-state index contributed by atoms with van der Waals surface area (Å²) in [6.07, 6.45) is 1.76. The van der Waals surface area contributed by atoms with E-state index in [2.05, 4.69) is 40.3 Å². The van der Waals surface area contributed by atoms with E-state index in [0.717, 1.165) is 12.2 Å². The fraction of sp³-hybridized carbons (Fsp3) is 1.00. The van der Waals surface area contributed by atoms with Gasteiger partial charge in [0, 0.05) is 17.1 Å². The minimum absolute atomic E-state index is 0.0705. The van der Waals surface area contributed by atoms with E-state index < -0.39 is 0 Å². The van der Waals surface area contributed by atoms with Gasteiger partial charge < -0.3 is 9.84 Å². The fourth-order valence-electron chi connectivity index (χ4n) is 2.08. The van der Waals surface area contributed by atoms with Crippen molar-refractivity contribution in [1.82, 2.24) is 0 Å². The Labute approximate surface area is 123 Å². The van der Waals surface area contributed by atoms with E-state index in [1.165, 1.54) is 0 Å². The summed E-state index contributed by atoms with van der Waals surface area (Å²) in [5.74, 6) is 1.75. The van der Waals surface area contributed by atoms with E-state index in [0.29, 0.717) is 12.4 Å². The molecule has 18 heavy (non-hydrogen) atoms. The lowest BCUT2D eigenvalue weighted by Gasteiger charge is -2.32. The Hall–Kier alpha value is 0.620. The summed E-state index contributed by atoms with van der Waals surface area (Å²) < 4.78 is 5.85. The number of thiol groups is 1. The second kappa shape index (κ2) is 7.41. The van der Waals surface area contributed by atoms with Gasteiger partial charge in [0.2, 0.25) is 0 Å². The fourth-order valence-corrected chi connectivity index (χ4v) is 3.65. The van der Waals surface area contributed by atoms with Crippen molar-refractivity contribution in [1.29, 1.82) is 0 Å². The molecule has 0 amide bonds. The lowest BCUT2D eigenvalue weighted by atomic mass is 9.85. The molecule has 110 valence electrons. The van der Waals surface area contributed by atoms with Crippen LogP contribution in [0.1, 0.15) is 54.4 Å². The molecule has 2 nitrogen and oxygen atoms in total. The normalized spacial score (nSPS) is 14.0. The Bertz CT molecular complexity index is 232. The zero-order valence-corrected chi connectivity index (χ0v) is 14.5. The average molecular weight is 295 g/mol. The molecule has 0 saturated heterocycles. The predicted octanol–water partition coefficient (Wildman–Crippen LogP) is 3.98. The van der Waals surface area contributed by atoms with Crippen molar-refractivity contribution in [2.45, 2.75) is 64.7 Å². The van der Waals surface area contributed by atoms with Crippen molar-refractivity contribution in [3.63, 3.8) is 0 Å². The van der Waals surface area contributed by atoms with E-state index in [9.17, 15) is 0 Å². The van der Waals surface area contributed by atoms with Gasteiger partial charge in [0.05, 0.1) is 11.5 Å². The molecule has 0 radical (unpaired) electrons. The first-order valence-corrected chi connectivity index (χ1v) is 8.13. The summed E-state index contributed by atoms with van der Waals surface area (Å²) >= 11 is 6.41. The Morgan fingerprint density at radius 2 is 1.67 bits per heavy atom. The summed E-state index contributed by atoms with van der Waals surface area (Å²) in [6, 6.07) is 0. The van der Waals surface area contributed by atoms with Crippen LogP contribution < -0.4 is 0 Å². The van der Waals surface area contributed by atoms with Crippen LogP contribution in [0.2, 0.25) is 0 Å². The second-order valence-corrected chi connectivity index (χ2v) is 9.14. The summed E-state index contributed by atoms with van der Waals surface area (Å²) in [6.45, 7) is 13.1. The van der Waals surface area contributed by atoms with Crippen molar-refractivity contribution in [3.8, 4) is 0 Å². The summed E-state index contributed by atoms with van der Waals surface area (Å²) in [4.78, 5) is 0. The van der Waals surface area contributed by atoms with Gasteiger partial charge in [0.1, 0.15) is 0 Å². The molecule has 0 unspecified atom stereocenters. The Kier molecular flexibility index (Phi) is 7.67. The molecule has 0 aliphatic carbocycles. The maximum absolute atomic E-state index is 8.92. The molecule has 0 aromatic carbocycles. The molecule has 0 aliphatic heterocycles. The van der Waals surface area contributed by atoms with E-state index in [1.54, 1.807) is 0 Å². The standard InChI is InChI=1S/C14H30O2S2/c1-12(2,9-14(5,6)17)10-18-11-16-13(3,4)7-8-15/h15,17H,7-11H2,1-6H3. The van der Waals surface area contributed by atoms with Gasteiger partial charge in [-0.1, -0.05) is 27.7 Å². The van der Waals surface area contributed by atoms with Gasteiger partial charge in [-0.25, -0.2) is 0 Å². The first-order chi connectivity index (χ1) is 7.97. The van der Waals surface area contributed by atoms with Crippen LogP contribution >= 0.6 is 24.4 Å². The lowest BCUT2D eigenvalue weighted by molar-refractivity contribution is -0.00636. The number of ether oxygens (including phenoxy) is 1. The van der Waals surface area contributed by atoms with Crippen LogP contribution in [0.15, 0.2) is 0 Å². The summed E-state index contributed by atoms with van der Waals surface area (Å²) in [5, 5.41) is 8.92. The highest BCUT2D eigenvalue weighted by atomic mass is 32.2. The van der Waals surface area contributed by atoms with Crippen LogP contribution in [0.5, 0.6) is 0 Å². The molecule has 0 aromatic heterocycles. The molecule has 0 rings (SSSR count). The molecule has 0 bridgehead atoms. The van der Waals surface area contributed by atoms with Crippen molar-refractivity contribution in [3.05, 3.63) is 0 Å². The smallest absolute Gasteiger partial charge is 0.0928 e. The topological polar surface area (TPSA) is 29.5 Å². The van der Waals surface area contributed by atoms with Crippen molar-refractivity contribution >= 4 is 24.4 Å². The Morgan fingerprint density at radius 3 is 2.11 bits per heavy atom. The Balaban J connectivity index is 3.90. The molecule has 0 aliphatic rings. The highest BCUT2D eigenvalue weighted by Crippen LogP contribution is 2.34. The van der Waals surface area contributed by atoms with E-state index in [-0.39, 0.29) is 22.4 Å². The quantitative estimate of drug-likeness (QED) is 0.383. The largest absolute Gasteiger partial charge is 0.396 e. The molecule has 0 spiro atoms. The minimum atomic E-state index is -0.227. The van der Waals surface area contributed by atoms with Gasteiger partial charge in [-0.2, -0.15) is 12.6 Å². The number of rotatable bonds is 9. The van der Waals surface area contributed by atoms with Crippen LogP contribution in [-0.4, -0.2) is 33.8 Å². The monoisotopic (exact) mass is 294 g/mol. The number of hydrogen-bond donors (Lipinski definition) is 2. The molecule has 0 heterocycles. The van der Waals surface area contributed by atoms with Gasteiger partial charge in [-0.3, -0.25) is 0 Å². The third-order valence-corrected chi connectivity index (χ3v) is 4.08. The molecule has 0 saturated carbocycles. The summed E-state index contributed by atoms with van der Waals surface area (Å²) in [7, 11) is 0. The van der Waals surface area contributed by atoms with Gasteiger partial charge in [-0.05, 0) is 32.1 Å². The van der Waals surface area contributed by atoms with Crippen LogP contribution in [0.3, 0.4) is 0 Å². The first-order valence-electron chi connectivity index (χ1n) is 6.52. The maximum atomic E-state index is 8.92. The van der Waals surface area contributed by atoms with Crippen molar-refractivity contribution < 1.29 is 9.84 Å². The maximum Gasteiger partial charge on any atom is 0.0928 e. The summed E-state index contributed by atoms with van der Waals surface area (Å²) in [5.41, 5.74) is 0.0368. The third-order valence-electron chi connectivity index (χ3n) is 2.65. The minimum Gasteiger partial charge on any atom is -0.396 e. The van der Waals surface area contributed by atoms with Gasteiger partial charge in [0.25, 0.3) is 0 Å².